The van der Waals surface area contributed by atoms with Crippen LogP contribution in [0.15, 0.2) is 41.0 Å². The molecule has 0 saturated heterocycles. The van der Waals surface area contributed by atoms with Crippen LogP contribution in [0.1, 0.15) is 25.5 Å². The van der Waals surface area contributed by atoms with Gasteiger partial charge in [0.15, 0.2) is 0 Å². The zero-order valence-electron chi connectivity index (χ0n) is 10.5. The average Bonchev–Trinajstić information content (AvgIpc) is 2.29. The lowest BCUT2D eigenvalue weighted by molar-refractivity contribution is 0.825. The summed E-state index contributed by atoms with van der Waals surface area (Å²) in [7, 11) is 0. The summed E-state index contributed by atoms with van der Waals surface area (Å²) in [5.74, 6) is 1.61. The van der Waals surface area contributed by atoms with E-state index in [1.165, 1.54) is 0 Å². The van der Waals surface area contributed by atoms with E-state index in [0.717, 1.165) is 10.3 Å². The van der Waals surface area contributed by atoms with Gasteiger partial charge < -0.3 is 11.5 Å². The zero-order chi connectivity index (χ0) is 13.5. The van der Waals surface area contributed by atoms with E-state index < -0.39 is 0 Å². The molecule has 0 unspecified atom stereocenters. The third-order valence-electron chi connectivity index (χ3n) is 2.12. The molecule has 2 aromatic rings. The molecule has 0 aliphatic carbocycles. The molecule has 0 bridgehead atoms. The molecule has 2 heterocycles. The second kappa shape index (κ2) is 6.96. The number of rotatable bonds is 1. The van der Waals surface area contributed by atoms with Crippen molar-refractivity contribution in [3.63, 3.8) is 0 Å². The highest BCUT2D eigenvalue weighted by atomic mass is 79.9. The summed E-state index contributed by atoms with van der Waals surface area (Å²) >= 11 is 3.17. The Morgan fingerprint density at radius 2 is 1.50 bits per heavy atom. The first-order valence-electron chi connectivity index (χ1n) is 5.59. The highest BCUT2D eigenvalue weighted by molar-refractivity contribution is 9.10. The molecular weight excluding hydrogens is 292 g/mol. The topological polar surface area (TPSA) is 77.8 Å². The molecule has 2 aromatic heterocycles. The van der Waals surface area contributed by atoms with Crippen LogP contribution < -0.4 is 11.5 Å². The summed E-state index contributed by atoms with van der Waals surface area (Å²) in [4.78, 5) is 8.02. The Kier molecular flexibility index (Phi) is 5.58. The minimum atomic E-state index is 0.462. The summed E-state index contributed by atoms with van der Waals surface area (Å²) in [6.45, 7) is 4.20. The minimum Gasteiger partial charge on any atom is -0.384 e. The number of pyridine rings is 2. The monoisotopic (exact) mass is 308 g/mol. The smallest absolute Gasteiger partial charge is 0.124 e. The fraction of sp³-hybridized carbons (Fsp3) is 0.231. The lowest BCUT2D eigenvalue weighted by Crippen LogP contribution is -1.95. The van der Waals surface area contributed by atoms with E-state index in [-0.39, 0.29) is 0 Å². The third-order valence-corrected chi connectivity index (χ3v) is 2.56. The Morgan fingerprint density at radius 3 is 1.83 bits per heavy atom. The van der Waals surface area contributed by atoms with Crippen LogP contribution >= 0.6 is 15.9 Å². The fourth-order valence-electron chi connectivity index (χ4n) is 1.21. The van der Waals surface area contributed by atoms with E-state index in [1.54, 1.807) is 12.1 Å². The van der Waals surface area contributed by atoms with Crippen LogP contribution in [0.3, 0.4) is 0 Å². The van der Waals surface area contributed by atoms with Gasteiger partial charge in [-0.1, -0.05) is 26.0 Å². The van der Waals surface area contributed by atoms with Crippen molar-refractivity contribution < 1.29 is 0 Å². The molecule has 4 N–H and O–H groups in total. The van der Waals surface area contributed by atoms with E-state index >= 15 is 0 Å². The molecule has 18 heavy (non-hydrogen) atoms. The van der Waals surface area contributed by atoms with Gasteiger partial charge in [0.25, 0.3) is 0 Å². The van der Waals surface area contributed by atoms with E-state index in [2.05, 4.69) is 39.7 Å². The van der Waals surface area contributed by atoms with Gasteiger partial charge in [-0.05, 0) is 46.1 Å². The number of hydrogen-bond donors (Lipinski definition) is 2. The average molecular weight is 309 g/mol. The number of nitrogens with zero attached hydrogens (tertiary/aromatic N) is 2. The Bertz CT molecular complexity index is 483. The maximum absolute atomic E-state index is 5.49. The molecule has 0 fully saturated rings. The van der Waals surface area contributed by atoms with Crippen LogP contribution in [0.25, 0.3) is 0 Å². The first kappa shape index (κ1) is 14.4. The first-order chi connectivity index (χ1) is 8.49. The molecule has 5 heteroatoms. The highest BCUT2D eigenvalue weighted by Gasteiger charge is 1.98. The van der Waals surface area contributed by atoms with E-state index in [1.807, 2.05) is 24.3 Å². The van der Waals surface area contributed by atoms with Gasteiger partial charge in [-0.2, -0.15) is 0 Å². The van der Waals surface area contributed by atoms with Crippen LogP contribution in [0.4, 0.5) is 11.6 Å². The van der Waals surface area contributed by atoms with Gasteiger partial charge in [-0.3, -0.25) is 0 Å². The third kappa shape index (κ3) is 5.14. The second-order valence-electron chi connectivity index (χ2n) is 4.03. The number of nitrogens with two attached hydrogens (primary N) is 2. The van der Waals surface area contributed by atoms with E-state index in [9.17, 15) is 0 Å². The maximum Gasteiger partial charge on any atom is 0.124 e. The van der Waals surface area contributed by atoms with Crippen LogP contribution in [-0.4, -0.2) is 9.97 Å². The predicted molar refractivity (Wildman–Crippen MR) is 79.1 cm³/mol. The maximum atomic E-state index is 5.49. The lowest BCUT2D eigenvalue weighted by Gasteiger charge is -2.02. The first-order valence-corrected chi connectivity index (χ1v) is 6.39. The van der Waals surface area contributed by atoms with Crippen LogP contribution in [0.5, 0.6) is 0 Å². The minimum absolute atomic E-state index is 0.462. The standard InChI is InChI=1S/C8H12N2.C5H5BrN2/c1-6(2)7-4-3-5-8(9)10-7;6-4-2-1-3-5(7)8-4/h3-6H,1-2H3,(H2,9,10);1-3H,(H2,7,8). The molecule has 2 rings (SSSR count). The summed E-state index contributed by atoms with van der Waals surface area (Å²) in [5.41, 5.74) is 11.9. The SMILES string of the molecule is CC(C)c1cccc(N)n1.Nc1cccc(Br)n1. The van der Waals surface area contributed by atoms with E-state index in [4.69, 9.17) is 11.5 Å². The fourth-order valence-corrected chi connectivity index (χ4v) is 1.57. The summed E-state index contributed by atoms with van der Waals surface area (Å²) < 4.78 is 0.775. The van der Waals surface area contributed by atoms with Crippen LogP contribution in [-0.2, 0) is 0 Å². The largest absolute Gasteiger partial charge is 0.384 e. The van der Waals surface area contributed by atoms with Crippen molar-refractivity contribution >= 4 is 27.6 Å². The van der Waals surface area contributed by atoms with Crippen molar-refractivity contribution in [2.75, 3.05) is 11.5 Å². The Morgan fingerprint density at radius 1 is 0.944 bits per heavy atom. The number of aromatic nitrogens is 2. The van der Waals surface area contributed by atoms with E-state index in [0.29, 0.717) is 17.6 Å². The molecule has 4 nitrogen and oxygen atoms in total. The summed E-state index contributed by atoms with van der Waals surface area (Å²) in [6, 6.07) is 11.1. The number of hydrogen-bond acceptors (Lipinski definition) is 4. The van der Waals surface area contributed by atoms with Gasteiger partial charge in [-0.15, -0.1) is 0 Å². The summed E-state index contributed by atoms with van der Waals surface area (Å²) in [6.07, 6.45) is 0. The predicted octanol–water partition coefficient (Wildman–Crippen LogP) is 3.21. The van der Waals surface area contributed by atoms with Gasteiger partial charge in [-0.25, -0.2) is 9.97 Å². The molecule has 0 aliphatic rings. The Hall–Kier alpha value is -1.62. The van der Waals surface area contributed by atoms with Crippen molar-refractivity contribution in [1.82, 2.24) is 9.97 Å². The molecule has 0 amide bonds. The molecule has 0 saturated carbocycles. The van der Waals surface area contributed by atoms with Gasteiger partial charge in [0.1, 0.15) is 16.2 Å². The molecule has 0 aromatic carbocycles. The Balaban J connectivity index is 0.000000184. The van der Waals surface area contributed by atoms with Crippen molar-refractivity contribution in [2.45, 2.75) is 19.8 Å². The molecule has 0 aliphatic heterocycles. The zero-order valence-corrected chi connectivity index (χ0v) is 12.1. The quantitative estimate of drug-likeness (QED) is 0.793. The van der Waals surface area contributed by atoms with Crippen LogP contribution in [0, 0.1) is 0 Å². The van der Waals surface area contributed by atoms with Crippen molar-refractivity contribution in [1.29, 1.82) is 0 Å². The number of halogens is 1. The molecule has 96 valence electrons. The highest BCUT2D eigenvalue weighted by Crippen LogP contribution is 2.11. The molecular formula is C13H17BrN4. The molecule has 0 spiro atoms. The number of nitrogen functional groups attached to an aromatic ring is 2. The Labute approximate surface area is 116 Å². The lowest BCUT2D eigenvalue weighted by atomic mass is 10.1. The van der Waals surface area contributed by atoms with Gasteiger partial charge in [0.2, 0.25) is 0 Å². The molecule has 0 radical (unpaired) electrons. The van der Waals surface area contributed by atoms with Gasteiger partial charge in [0.05, 0.1) is 0 Å². The van der Waals surface area contributed by atoms with Crippen molar-refractivity contribution in [3.8, 4) is 0 Å². The van der Waals surface area contributed by atoms with Crippen LogP contribution in [0.2, 0.25) is 0 Å². The number of anilines is 2. The second-order valence-corrected chi connectivity index (χ2v) is 4.84. The molecule has 0 atom stereocenters. The summed E-state index contributed by atoms with van der Waals surface area (Å²) in [5, 5.41) is 0. The normalized spacial score (nSPS) is 9.78. The van der Waals surface area contributed by atoms with Crippen molar-refractivity contribution in [2.24, 2.45) is 0 Å². The van der Waals surface area contributed by atoms with Gasteiger partial charge in [0, 0.05) is 5.69 Å². The van der Waals surface area contributed by atoms with Crippen molar-refractivity contribution in [3.05, 3.63) is 46.7 Å². The van der Waals surface area contributed by atoms with Gasteiger partial charge >= 0.3 is 0 Å².